The normalized spacial score (nSPS) is 19.6. The summed E-state index contributed by atoms with van der Waals surface area (Å²) in [5, 5.41) is 18.5. The molecule has 1 fully saturated rings. The van der Waals surface area contributed by atoms with Gasteiger partial charge in [-0.05, 0) is 50.0 Å². The second kappa shape index (κ2) is 15.1. The summed E-state index contributed by atoms with van der Waals surface area (Å²) in [7, 11) is 1.40. The molecule has 0 bridgehead atoms. The van der Waals surface area contributed by atoms with Gasteiger partial charge in [-0.2, -0.15) is 0 Å². The number of ether oxygens (including phenoxy) is 2. The third kappa shape index (κ3) is 10.7. The molecule has 10 nitrogen and oxygen atoms in total. The van der Waals surface area contributed by atoms with Crippen LogP contribution in [0.15, 0.2) is 30.3 Å². The molecule has 218 valence electrons. The summed E-state index contributed by atoms with van der Waals surface area (Å²) in [6, 6.07) is 6.66. The Bertz CT molecular complexity index is 963. The van der Waals surface area contributed by atoms with E-state index in [2.05, 4.69) is 16.0 Å². The molecule has 1 aliphatic heterocycles. The number of methoxy groups -OCH3 is 1. The fourth-order valence-electron chi connectivity index (χ4n) is 4.27. The Labute approximate surface area is 231 Å². The Kier molecular flexibility index (Phi) is 12.5. The topological polar surface area (TPSA) is 146 Å². The molecule has 3 amide bonds. The highest BCUT2D eigenvalue weighted by atomic mass is 16.6. The largest absolute Gasteiger partial charge is 0.383 e. The van der Waals surface area contributed by atoms with E-state index in [9.17, 15) is 24.3 Å². The van der Waals surface area contributed by atoms with E-state index in [0.717, 1.165) is 5.56 Å². The molecule has 1 aromatic rings. The average Bonchev–Trinajstić information content (AvgIpc) is 3.63. The van der Waals surface area contributed by atoms with E-state index in [1.54, 1.807) is 6.92 Å². The fraction of sp³-hybridized carbons (Fsp3) is 0.655. The van der Waals surface area contributed by atoms with Gasteiger partial charge in [-0.15, -0.1) is 0 Å². The Morgan fingerprint density at radius 2 is 1.41 bits per heavy atom. The molecule has 1 saturated heterocycles. The van der Waals surface area contributed by atoms with Crippen molar-refractivity contribution in [3.05, 3.63) is 35.9 Å². The van der Waals surface area contributed by atoms with Crippen molar-refractivity contribution in [3.63, 3.8) is 0 Å². The van der Waals surface area contributed by atoms with Gasteiger partial charge in [-0.1, -0.05) is 58.0 Å². The summed E-state index contributed by atoms with van der Waals surface area (Å²) < 4.78 is 10.5. The number of hydrogen-bond donors (Lipinski definition) is 4. The maximum atomic E-state index is 13.2. The number of ketones is 1. The number of aryl methyl sites for hydroxylation is 1. The Morgan fingerprint density at radius 3 is 1.95 bits per heavy atom. The van der Waals surface area contributed by atoms with Crippen LogP contribution in [0.2, 0.25) is 0 Å². The van der Waals surface area contributed by atoms with Gasteiger partial charge in [0, 0.05) is 7.11 Å². The van der Waals surface area contributed by atoms with E-state index in [0.29, 0.717) is 25.9 Å². The number of nitrogens with one attached hydrogen (secondary N) is 3. The van der Waals surface area contributed by atoms with E-state index < -0.39 is 47.6 Å². The molecule has 0 aliphatic carbocycles. The highest BCUT2D eigenvalue weighted by molar-refractivity contribution is 5.98. The van der Waals surface area contributed by atoms with E-state index in [1.165, 1.54) is 7.11 Å². The Hall–Kier alpha value is -2.82. The van der Waals surface area contributed by atoms with Gasteiger partial charge < -0.3 is 30.5 Å². The summed E-state index contributed by atoms with van der Waals surface area (Å²) in [5.41, 5.74) is 0.0895. The number of epoxide rings is 1. The van der Waals surface area contributed by atoms with E-state index >= 15 is 0 Å². The van der Waals surface area contributed by atoms with E-state index in [-0.39, 0.29) is 30.6 Å². The highest BCUT2D eigenvalue weighted by Gasteiger charge is 2.50. The van der Waals surface area contributed by atoms with Crippen molar-refractivity contribution in [2.75, 3.05) is 20.3 Å². The average molecular weight is 548 g/mol. The van der Waals surface area contributed by atoms with Crippen molar-refractivity contribution in [1.29, 1.82) is 0 Å². The molecule has 0 aromatic heterocycles. The zero-order valence-electron chi connectivity index (χ0n) is 24.0. The molecule has 39 heavy (non-hydrogen) atoms. The number of carbonyl (C=O) groups excluding carboxylic acids is 4. The molecule has 0 saturated carbocycles. The van der Waals surface area contributed by atoms with Gasteiger partial charge in [0.05, 0.1) is 19.3 Å². The zero-order chi connectivity index (χ0) is 29.2. The van der Waals surface area contributed by atoms with Gasteiger partial charge in [-0.3, -0.25) is 19.2 Å². The number of benzene rings is 1. The first-order valence-corrected chi connectivity index (χ1v) is 13.7. The second-order valence-corrected chi connectivity index (χ2v) is 11.3. The van der Waals surface area contributed by atoms with Crippen molar-refractivity contribution in [3.8, 4) is 0 Å². The molecule has 2 rings (SSSR count). The third-order valence-corrected chi connectivity index (χ3v) is 6.60. The van der Waals surface area contributed by atoms with Crippen LogP contribution >= 0.6 is 0 Å². The molecule has 0 spiro atoms. The predicted octanol–water partition coefficient (Wildman–Crippen LogP) is 1.53. The Balaban J connectivity index is 2.05. The van der Waals surface area contributed by atoms with Crippen molar-refractivity contribution in [1.82, 2.24) is 16.0 Å². The van der Waals surface area contributed by atoms with Crippen LogP contribution < -0.4 is 16.0 Å². The third-order valence-electron chi connectivity index (χ3n) is 6.60. The zero-order valence-corrected chi connectivity index (χ0v) is 24.0. The van der Waals surface area contributed by atoms with Crippen molar-refractivity contribution < 1.29 is 33.8 Å². The smallest absolute Gasteiger partial charge is 0.249 e. The van der Waals surface area contributed by atoms with Gasteiger partial charge in [0.25, 0.3) is 0 Å². The minimum Gasteiger partial charge on any atom is -0.383 e. The summed E-state index contributed by atoms with van der Waals surface area (Å²) in [4.78, 5) is 52.1. The van der Waals surface area contributed by atoms with Crippen molar-refractivity contribution in [2.45, 2.75) is 90.1 Å². The predicted molar refractivity (Wildman–Crippen MR) is 147 cm³/mol. The summed E-state index contributed by atoms with van der Waals surface area (Å²) in [6.45, 7) is 9.57. The standard InChI is InChI=1S/C29H45N3O7/c1-18(2)14-21(25(34)29(5)17-39-29)30-27(36)23(16-38-6)32-26(35)22(15-19(3)4)31-28(37)24(33)13-12-20-10-8-7-9-11-20/h7-11,18-19,21-24,33H,12-17H2,1-6H3,(H,30,36)(H,31,37)(H,32,35)/t21?,22-,23-,24-,29+/m0/s1. The van der Waals surface area contributed by atoms with Gasteiger partial charge in [0.15, 0.2) is 5.78 Å². The minimum atomic E-state index is -1.29. The number of carbonyl (C=O) groups is 4. The maximum absolute atomic E-state index is 13.2. The maximum Gasteiger partial charge on any atom is 0.249 e. The molecule has 10 heteroatoms. The lowest BCUT2D eigenvalue weighted by Gasteiger charge is -2.27. The number of Topliss-reactive ketones (excluding diaryl/α,β-unsaturated/α-hetero) is 1. The number of aliphatic hydroxyl groups is 1. The summed E-state index contributed by atoms with van der Waals surface area (Å²) in [6.07, 6.45) is 0.138. The van der Waals surface area contributed by atoms with Gasteiger partial charge >= 0.3 is 0 Å². The molecule has 5 atom stereocenters. The van der Waals surface area contributed by atoms with Gasteiger partial charge in [-0.25, -0.2) is 0 Å². The van der Waals surface area contributed by atoms with E-state index in [1.807, 2.05) is 58.0 Å². The van der Waals surface area contributed by atoms with Crippen LogP contribution in [0.25, 0.3) is 0 Å². The molecule has 1 aromatic carbocycles. The molecule has 1 aliphatic rings. The van der Waals surface area contributed by atoms with Crippen LogP contribution in [0.1, 0.15) is 59.4 Å². The van der Waals surface area contributed by atoms with Crippen LogP contribution in [-0.4, -0.2) is 78.8 Å². The van der Waals surface area contributed by atoms with Gasteiger partial charge in [0.1, 0.15) is 23.8 Å². The first-order chi connectivity index (χ1) is 18.4. The minimum absolute atomic E-state index is 0.0459. The van der Waals surface area contributed by atoms with Crippen LogP contribution in [0, 0.1) is 11.8 Å². The molecular formula is C29H45N3O7. The molecular weight excluding hydrogens is 502 g/mol. The highest BCUT2D eigenvalue weighted by Crippen LogP contribution is 2.29. The number of aliphatic hydroxyl groups excluding tert-OH is 1. The van der Waals surface area contributed by atoms with E-state index in [4.69, 9.17) is 9.47 Å². The van der Waals surface area contributed by atoms with Crippen LogP contribution in [-0.2, 0) is 35.1 Å². The van der Waals surface area contributed by atoms with Crippen LogP contribution in [0.4, 0.5) is 0 Å². The number of amides is 3. The molecule has 4 N–H and O–H groups in total. The molecule has 1 heterocycles. The van der Waals surface area contributed by atoms with Gasteiger partial charge in [0.2, 0.25) is 17.7 Å². The van der Waals surface area contributed by atoms with Crippen LogP contribution in [0.5, 0.6) is 0 Å². The number of rotatable bonds is 17. The molecule has 0 radical (unpaired) electrons. The SMILES string of the molecule is COC[C@H](NC(=O)[C@H](CC(C)C)NC(=O)[C@@H](O)CCc1ccccc1)C(=O)NC(CC(C)C)C(=O)[C@@]1(C)CO1. The lowest BCUT2D eigenvalue weighted by atomic mass is 9.93. The first kappa shape index (κ1) is 32.4. The Morgan fingerprint density at radius 1 is 0.897 bits per heavy atom. The number of hydrogen-bond acceptors (Lipinski definition) is 7. The lowest BCUT2D eigenvalue weighted by molar-refractivity contribution is -0.137. The second-order valence-electron chi connectivity index (χ2n) is 11.3. The molecule has 1 unspecified atom stereocenters. The fourth-order valence-corrected chi connectivity index (χ4v) is 4.27. The lowest BCUT2D eigenvalue weighted by Crippen LogP contribution is -2.58. The van der Waals surface area contributed by atoms with Crippen molar-refractivity contribution >= 4 is 23.5 Å². The first-order valence-electron chi connectivity index (χ1n) is 13.7. The van der Waals surface area contributed by atoms with Crippen LogP contribution in [0.3, 0.4) is 0 Å². The monoisotopic (exact) mass is 547 g/mol. The quantitative estimate of drug-likeness (QED) is 0.216. The summed E-state index contributed by atoms with van der Waals surface area (Å²) >= 11 is 0. The summed E-state index contributed by atoms with van der Waals surface area (Å²) in [5.74, 6) is -1.82. The van der Waals surface area contributed by atoms with Crippen molar-refractivity contribution in [2.24, 2.45) is 11.8 Å².